The second-order valence-corrected chi connectivity index (χ2v) is 4.80. The van der Waals surface area contributed by atoms with Crippen LogP contribution in [-0.4, -0.2) is 46.7 Å². The lowest BCUT2D eigenvalue weighted by Gasteiger charge is -2.45. The number of hydrogen-bond acceptors (Lipinski definition) is 3. The van der Waals surface area contributed by atoms with Crippen molar-refractivity contribution in [3.05, 3.63) is 0 Å². The van der Waals surface area contributed by atoms with E-state index in [1.54, 1.807) is 0 Å². The zero-order chi connectivity index (χ0) is 13.1. The molecule has 1 rings (SSSR count). The summed E-state index contributed by atoms with van der Waals surface area (Å²) in [6.07, 6.45) is 1.82. The van der Waals surface area contributed by atoms with Gasteiger partial charge in [0, 0.05) is 19.4 Å². The Hall–Kier alpha value is -1.10. The standard InChI is InChI=1S/C12H21NO4/c1-4-5-13(8-14)12(11(15)16)6-9(2)17-10(3)7-12/h8-10H,4-7H2,1-3H3,(H,15,16). The maximum atomic E-state index is 11.6. The molecule has 1 amide bonds. The number of carbonyl (C=O) groups excluding carboxylic acids is 1. The predicted octanol–water partition coefficient (Wildman–Crippen LogP) is 1.27. The topological polar surface area (TPSA) is 66.8 Å². The minimum absolute atomic E-state index is 0.144. The van der Waals surface area contributed by atoms with Gasteiger partial charge in [-0.05, 0) is 20.3 Å². The highest BCUT2D eigenvalue weighted by Crippen LogP contribution is 2.34. The van der Waals surface area contributed by atoms with E-state index in [9.17, 15) is 14.7 Å². The van der Waals surface area contributed by atoms with Gasteiger partial charge in [0.15, 0.2) is 0 Å². The third kappa shape index (κ3) is 2.77. The van der Waals surface area contributed by atoms with Gasteiger partial charge in [-0.2, -0.15) is 0 Å². The van der Waals surface area contributed by atoms with Crippen LogP contribution in [0.3, 0.4) is 0 Å². The number of nitrogens with zero attached hydrogens (tertiary/aromatic N) is 1. The molecule has 2 atom stereocenters. The Balaban J connectivity index is 3.02. The van der Waals surface area contributed by atoms with E-state index in [0.717, 1.165) is 6.42 Å². The summed E-state index contributed by atoms with van der Waals surface area (Å²) in [6.45, 7) is 6.10. The molecule has 1 fully saturated rings. The van der Waals surface area contributed by atoms with E-state index in [-0.39, 0.29) is 12.2 Å². The molecule has 1 saturated heterocycles. The highest BCUT2D eigenvalue weighted by Gasteiger charge is 2.49. The molecule has 0 aliphatic carbocycles. The zero-order valence-electron chi connectivity index (χ0n) is 10.7. The lowest BCUT2D eigenvalue weighted by Crippen LogP contribution is -2.60. The van der Waals surface area contributed by atoms with Crippen LogP contribution in [-0.2, 0) is 14.3 Å². The van der Waals surface area contributed by atoms with Crippen molar-refractivity contribution in [1.29, 1.82) is 0 Å². The Morgan fingerprint density at radius 3 is 2.35 bits per heavy atom. The number of ether oxygens (including phenoxy) is 1. The molecule has 2 unspecified atom stereocenters. The normalized spacial score (nSPS) is 33.1. The van der Waals surface area contributed by atoms with E-state index in [4.69, 9.17) is 4.74 Å². The van der Waals surface area contributed by atoms with Gasteiger partial charge in [0.25, 0.3) is 0 Å². The monoisotopic (exact) mass is 243 g/mol. The van der Waals surface area contributed by atoms with Gasteiger partial charge in [0.05, 0.1) is 12.2 Å². The lowest BCUT2D eigenvalue weighted by molar-refractivity contribution is -0.171. The van der Waals surface area contributed by atoms with Crippen LogP contribution in [0, 0.1) is 0 Å². The number of carboxylic acids is 1. The molecule has 5 heteroatoms. The van der Waals surface area contributed by atoms with Crippen LogP contribution in [0.2, 0.25) is 0 Å². The molecular formula is C12H21NO4. The average Bonchev–Trinajstić information content (AvgIpc) is 2.23. The van der Waals surface area contributed by atoms with Crippen LogP contribution >= 0.6 is 0 Å². The van der Waals surface area contributed by atoms with Gasteiger partial charge in [-0.15, -0.1) is 0 Å². The molecule has 0 radical (unpaired) electrons. The summed E-state index contributed by atoms with van der Waals surface area (Å²) in [5.74, 6) is -0.931. The quantitative estimate of drug-likeness (QED) is 0.738. The molecule has 0 aromatic carbocycles. The largest absolute Gasteiger partial charge is 0.479 e. The van der Waals surface area contributed by atoms with Gasteiger partial charge in [0.2, 0.25) is 6.41 Å². The minimum atomic E-state index is -1.10. The molecule has 5 nitrogen and oxygen atoms in total. The zero-order valence-corrected chi connectivity index (χ0v) is 10.7. The summed E-state index contributed by atoms with van der Waals surface area (Å²) in [6, 6.07) is 0. The molecule has 1 N–H and O–H groups in total. The smallest absolute Gasteiger partial charge is 0.329 e. The minimum Gasteiger partial charge on any atom is -0.479 e. The Bertz CT molecular complexity index is 282. The molecule has 0 spiro atoms. The summed E-state index contributed by atoms with van der Waals surface area (Å²) >= 11 is 0. The van der Waals surface area contributed by atoms with Crippen LogP contribution in [0.1, 0.15) is 40.0 Å². The van der Waals surface area contributed by atoms with Gasteiger partial charge in [-0.3, -0.25) is 4.79 Å². The Morgan fingerprint density at radius 2 is 2.00 bits per heavy atom. The molecular weight excluding hydrogens is 222 g/mol. The highest BCUT2D eigenvalue weighted by atomic mass is 16.5. The number of aliphatic carboxylic acids is 1. The first-order chi connectivity index (χ1) is 7.96. The number of carboxylic acid groups (broad SMARTS) is 1. The van der Waals surface area contributed by atoms with Crippen LogP contribution < -0.4 is 0 Å². The highest BCUT2D eigenvalue weighted by molar-refractivity contribution is 5.81. The molecule has 0 aromatic rings. The van der Waals surface area contributed by atoms with Crippen LogP contribution in [0.4, 0.5) is 0 Å². The first-order valence-corrected chi connectivity index (χ1v) is 6.07. The summed E-state index contributed by atoms with van der Waals surface area (Å²) in [5, 5.41) is 9.50. The van der Waals surface area contributed by atoms with Gasteiger partial charge >= 0.3 is 5.97 Å². The van der Waals surface area contributed by atoms with Crippen molar-refractivity contribution in [3.8, 4) is 0 Å². The van der Waals surface area contributed by atoms with Gasteiger partial charge < -0.3 is 14.7 Å². The number of rotatable bonds is 5. The van der Waals surface area contributed by atoms with E-state index in [2.05, 4.69) is 0 Å². The number of carbonyl (C=O) groups is 2. The van der Waals surface area contributed by atoms with Crippen molar-refractivity contribution in [3.63, 3.8) is 0 Å². The number of hydrogen-bond donors (Lipinski definition) is 1. The Morgan fingerprint density at radius 1 is 1.47 bits per heavy atom. The fourth-order valence-electron chi connectivity index (χ4n) is 2.67. The van der Waals surface area contributed by atoms with Crippen molar-refractivity contribution < 1.29 is 19.4 Å². The van der Waals surface area contributed by atoms with E-state index >= 15 is 0 Å². The second kappa shape index (κ2) is 5.49. The first-order valence-electron chi connectivity index (χ1n) is 6.07. The summed E-state index contributed by atoms with van der Waals surface area (Å²) < 4.78 is 5.56. The molecule has 17 heavy (non-hydrogen) atoms. The lowest BCUT2D eigenvalue weighted by atomic mass is 9.82. The maximum Gasteiger partial charge on any atom is 0.329 e. The fraction of sp³-hybridized carbons (Fsp3) is 0.833. The maximum absolute atomic E-state index is 11.6. The van der Waals surface area contributed by atoms with Crippen molar-refractivity contribution in [2.75, 3.05) is 6.54 Å². The van der Waals surface area contributed by atoms with E-state index in [0.29, 0.717) is 25.8 Å². The van der Waals surface area contributed by atoms with Crippen molar-refractivity contribution in [1.82, 2.24) is 4.90 Å². The summed E-state index contributed by atoms with van der Waals surface area (Å²) in [4.78, 5) is 24.1. The molecule has 0 aromatic heterocycles. The first kappa shape index (κ1) is 14.0. The van der Waals surface area contributed by atoms with Crippen molar-refractivity contribution >= 4 is 12.4 Å². The summed E-state index contributed by atoms with van der Waals surface area (Å²) in [7, 11) is 0. The SMILES string of the molecule is CCCN(C=O)C1(C(=O)O)CC(C)OC(C)C1. The van der Waals surface area contributed by atoms with Gasteiger partial charge in [-0.1, -0.05) is 6.92 Å². The van der Waals surface area contributed by atoms with E-state index in [1.165, 1.54) is 4.90 Å². The Labute approximate surface area is 102 Å². The van der Waals surface area contributed by atoms with Crippen molar-refractivity contribution in [2.24, 2.45) is 0 Å². The predicted molar refractivity (Wildman–Crippen MR) is 62.7 cm³/mol. The van der Waals surface area contributed by atoms with Crippen LogP contribution in [0.25, 0.3) is 0 Å². The molecule has 1 aliphatic rings. The second-order valence-electron chi connectivity index (χ2n) is 4.80. The van der Waals surface area contributed by atoms with Gasteiger partial charge in [0.1, 0.15) is 5.54 Å². The molecule has 0 saturated carbocycles. The van der Waals surface area contributed by atoms with Crippen molar-refractivity contribution in [2.45, 2.75) is 57.8 Å². The molecule has 1 aliphatic heterocycles. The molecule has 1 heterocycles. The van der Waals surface area contributed by atoms with E-state index in [1.807, 2.05) is 20.8 Å². The third-order valence-corrected chi connectivity index (χ3v) is 3.25. The third-order valence-electron chi connectivity index (χ3n) is 3.25. The number of amides is 1. The van der Waals surface area contributed by atoms with Crippen LogP contribution in [0.5, 0.6) is 0 Å². The van der Waals surface area contributed by atoms with Crippen LogP contribution in [0.15, 0.2) is 0 Å². The summed E-state index contributed by atoms with van der Waals surface area (Å²) in [5.41, 5.74) is -1.10. The fourth-order valence-corrected chi connectivity index (χ4v) is 2.67. The van der Waals surface area contributed by atoms with Gasteiger partial charge in [-0.25, -0.2) is 4.79 Å². The molecule has 0 bridgehead atoms. The molecule has 98 valence electrons. The Kier molecular flexibility index (Phi) is 4.51. The average molecular weight is 243 g/mol. The van der Waals surface area contributed by atoms with E-state index < -0.39 is 11.5 Å².